The highest BCUT2D eigenvalue weighted by atomic mass is 79.9. The molecule has 0 fully saturated rings. The van der Waals surface area contributed by atoms with Gasteiger partial charge in [-0.3, -0.25) is 4.79 Å². The summed E-state index contributed by atoms with van der Waals surface area (Å²) in [5.74, 6) is 3.79. The van der Waals surface area contributed by atoms with Crippen molar-refractivity contribution in [1.82, 2.24) is 4.57 Å². The predicted octanol–water partition coefficient (Wildman–Crippen LogP) is 4.12. The molecule has 0 N–H and O–H groups in total. The second-order valence-electron chi connectivity index (χ2n) is 11.9. The molecule has 0 bridgehead atoms. The van der Waals surface area contributed by atoms with E-state index in [1.165, 1.54) is 22.4 Å². The fraction of sp³-hybridized carbons (Fsp3) is 0.297. The van der Waals surface area contributed by atoms with Crippen LogP contribution in [0.3, 0.4) is 0 Å². The Hall–Kier alpha value is -3.62. The number of nitrogens with zero attached hydrogens (tertiary/aromatic N) is 3. The number of hydrogen-bond acceptors (Lipinski definition) is 4. The van der Waals surface area contributed by atoms with E-state index >= 15 is 0 Å². The number of ketones is 1. The van der Waals surface area contributed by atoms with E-state index in [1.54, 1.807) is 14.2 Å². The molecule has 4 aromatic carbocycles. The van der Waals surface area contributed by atoms with E-state index in [9.17, 15) is 4.79 Å². The van der Waals surface area contributed by atoms with Gasteiger partial charge in [-0.15, -0.1) is 0 Å². The molecule has 0 amide bonds. The van der Waals surface area contributed by atoms with Crippen LogP contribution >= 0.6 is 15.9 Å². The molecule has 5 aromatic rings. The summed E-state index contributed by atoms with van der Waals surface area (Å²) in [4.78, 5) is 15.9. The Labute approximate surface area is 283 Å². The first-order valence-electron chi connectivity index (χ1n) is 15.3. The molecule has 8 heteroatoms. The van der Waals surface area contributed by atoms with Crippen molar-refractivity contribution in [2.24, 2.45) is 5.92 Å². The van der Waals surface area contributed by atoms with Gasteiger partial charge in [-0.05, 0) is 83.6 Å². The average Bonchev–Trinajstić information content (AvgIpc) is 3.54. The number of imidazole rings is 1. The molecule has 7 rings (SSSR count). The Kier molecular flexibility index (Phi) is 9.07. The number of Topliss-reactive ketones (excluding diaryl/α,β-unsaturated/α-hetero) is 1. The highest BCUT2D eigenvalue weighted by molar-refractivity contribution is 9.10. The SMILES string of the molecule is COc1ccc(C(=O)C[n+]2c(C)n(CCCN3C[C@@H]4Cc5ccc(Br)cc5[C@@H]4c4cccc(OC)c43)c3ccccc32)cc1.[Br-]. The van der Waals surface area contributed by atoms with Gasteiger partial charge in [0.2, 0.25) is 5.78 Å². The second-order valence-corrected chi connectivity index (χ2v) is 12.8. The Bertz CT molecular complexity index is 1870. The maximum absolute atomic E-state index is 13.3. The van der Waals surface area contributed by atoms with Crippen LogP contribution in [0.15, 0.2) is 89.4 Å². The third-order valence-corrected chi connectivity index (χ3v) is 10.0. The fourth-order valence-corrected chi connectivity index (χ4v) is 7.86. The van der Waals surface area contributed by atoms with Crippen LogP contribution in [0.4, 0.5) is 5.69 Å². The molecule has 1 aliphatic carbocycles. The van der Waals surface area contributed by atoms with Gasteiger partial charge in [0.1, 0.15) is 11.5 Å². The molecule has 1 aromatic heterocycles. The van der Waals surface area contributed by atoms with Gasteiger partial charge in [0.25, 0.3) is 5.82 Å². The summed E-state index contributed by atoms with van der Waals surface area (Å²) in [7, 11) is 3.41. The number of benzene rings is 4. The predicted molar refractivity (Wildman–Crippen MR) is 177 cm³/mol. The lowest BCUT2D eigenvalue weighted by Crippen LogP contribution is -3.00. The number of methoxy groups -OCH3 is 2. The van der Waals surface area contributed by atoms with Gasteiger partial charge in [0.05, 0.1) is 26.5 Å². The molecule has 0 saturated carbocycles. The first-order valence-corrected chi connectivity index (χ1v) is 16.1. The normalized spacial score (nSPS) is 16.5. The molecule has 0 unspecified atom stereocenters. The topological polar surface area (TPSA) is 47.6 Å². The molecule has 232 valence electrons. The van der Waals surface area contributed by atoms with Crippen LogP contribution in [-0.4, -0.2) is 37.7 Å². The minimum Gasteiger partial charge on any atom is -1.00 e. The van der Waals surface area contributed by atoms with Crippen molar-refractivity contribution in [3.05, 3.63) is 117 Å². The van der Waals surface area contributed by atoms with Crippen molar-refractivity contribution >= 4 is 38.4 Å². The first kappa shape index (κ1) is 31.4. The van der Waals surface area contributed by atoms with Gasteiger partial charge < -0.3 is 31.4 Å². The van der Waals surface area contributed by atoms with Crippen LogP contribution in [0.1, 0.15) is 45.2 Å². The number of para-hydroxylation sites is 3. The van der Waals surface area contributed by atoms with Crippen LogP contribution in [0.5, 0.6) is 11.5 Å². The lowest BCUT2D eigenvalue weighted by molar-refractivity contribution is -0.664. The molecule has 2 heterocycles. The number of anilines is 1. The summed E-state index contributed by atoms with van der Waals surface area (Å²) < 4.78 is 16.9. The molecular formula is C37H37Br2N3O3. The van der Waals surface area contributed by atoms with Gasteiger partial charge in [-0.1, -0.05) is 46.3 Å². The van der Waals surface area contributed by atoms with E-state index in [4.69, 9.17) is 9.47 Å². The van der Waals surface area contributed by atoms with Gasteiger partial charge in [0.15, 0.2) is 17.6 Å². The average molecular weight is 732 g/mol. The molecular weight excluding hydrogens is 694 g/mol. The summed E-state index contributed by atoms with van der Waals surface area (Å²) in [6.07, 6.45) is 2.07. The smallest absolute Gasteiger partial charge is 0.254 e. The zero-order chi connectivity index (χ0) is 30.4. The van der Waals surface area contributed by atoms with E-state index < -0.39 is 0 Å². The number of halogens is 2. The Morgan fingerprint density at radius 3 is 2.51 bits per heavy atom. The Morgan fingerprint density at radius 1 is 0.933 bits per heavy atom. The highest BCUT2D eigenvalue weighted by Crippen LogP contribution is 2.52. The number of aryl methyl sites for hydroxylation is 1. The van der Waals surface area contributed by atoms with Gasteiger partial charge in [-0.25, -0.2) is 9.13 Å². The van der Waals surface area contributed by atoms with Crippen molar-refractivity contribution in [3.63, 3.8) is 0 Å². The molecule has 0 radical (unpaired) electrons. The summed E-state index contributed by atoms with van der Waals surface area (Å²) >= 11 is 3.71. The largest absolute Gasteiger partial charge is 1.00 e. The molecule has 45 heavy (non-hydrogen) atoms. The van der Waals surface area contributed by atoms with E-state index in [2.05, 4.69) is 91.5 Å². The van der Waals surface area contributed by atoms with Crippen LogP contribution in [0, 0.1) is 12.8 Å². The molecule has 6 nitrogen and oxygen atoms in total. The lowest BCUT2D eigenvalue weighted by Gasteiger charge is -2.39. The fourth-order valence-electron chi connectivity index (χ4n) is 7.49. The Morgan fingerprint density at radius 2 is 1.73 bits per heavy atom. The first-order chi connectivity index (χ1) is 21.5. The second kappa shape index (κ2) is 13.0. The van der Waals surface area contributed by atoms with E-state index in [0.29, 0.717) is 23.9 Å². The minimum absolute atomic E-state index is 0. The highest BCUT2D eigenvalue weighted by Gasteiger charge is 2.41. The zero-order valence-electron chi connectivity index (χ0n) is 25.8. The monoisotopic (exact) mass is 729 g/mol. The molecule has 2 aliphatic rings. The number of ether oxygens (including phenoxy) is 2. The third kappa shape index (κ3) is 5.67. The number of carbonyl (C=O) groups excluding carboxylic acids is 1. The van der Waals surface area contributed by atoms with Crippen LogP contribution in [0.2, 0.25) is 0 Å². The number of fused-ring (bicyclic) bond motifs is 6. The number of rotatable bonds is 9. The van der Waals surface area contributed by atoms with Crippen molar-refractivity contribution in [1.29, 1.82) is 0 Å². The third-order valence-electron chi connectivity index (χ3n) is 9.52. The van der Waals surface area contributed by atoms with Gasteiger partial charge in [0, 0.05) is 42.4 Å². The van der Waals surface area contributed by atoms with E-state index in [-0.39, 0.29) is 22.8 Å². The summed E-state index contributed by atoms with van der Waals surface area (Å²) in [6, 6.07) is 29.1. The van der Waals surface area contributed by atoms with Gasteiger partial charge >= 0.3 is 0 Å². The summed E-state index contributed by atoms with van der Waals surface area (Å²) in [5.41, 5.74) is 8.43. The minimum atomic E-state index is 0. The quantitative estimate of drug-likeness (QED) is 0.169. The van der Waals surface area contributed by atoms with Crippen molar-refractivity contribution in [2.45, 2.75) is 38.8 Å². The maximum Gasteiger partial charge on any atom is 0.254 e. The number of hydrogen-bond donors (Lipinski definition) is 0. The van der Waals surface area contributed by atoms with E-state index in [0.717, 1.165) is 65.3 Å². The summed E-state index contributed by atoms with van der Waals surface area (Å²) in [6.45, 7) is 5.21. The number of carbonyl (C=O) groups is 1. The van der Waals surface area contributed by atoms with Crippen molar-refractivity contribution in [3.8, 4) is 11.5 Å². The van der Waals surface area contributed by atoms with Crippen molar-refractivity contribution < 1.29 is 35.8 Å². The van der Waals surface area contributed by atoms with Crippen LogP contribution < -0.4 is 35.9 Å². The van der Waals surface area contributed by atoms with Crippen LogP contribution in [0.25, 0.3) is 11.0 Å². The van der Waals surface area contributed by atoms with Gasteiger partial charge in [-0.2, -0.15) is 0 Å². The molecule has 0 saturated heterocycles. The zero-order valence-corrected chi connectivity index (χ0v) is 29.0. The molecule has 2 atom stereocenters. The van der Waals surface area contributed by atoms with Crippen molar-refractivity contribution in [2.75, 3.05) is 32.2 Å². The summed E-state index contributed by atoms with van der Waals surface area (Å²) in [5, 5.41) is 0. The lowest BCUT2D eigenvalue weighted by atomic mass is 9.81. The standard InChI is InChI=1S/C37H37BrN3O3.BrH/c1-24-40(32-9-4-5-10-33(32)41(24)23-34(42)25-13-16-29(43-2)17-14-25)19-7-18-39-22-27-20-26-12-15-28(38)21-31(26)36(27)30-8-6-11-35(44-3)37(30)39;/h4-6,8-17,21,27,36H,7,18-20,22-23H2,1-3H3;1H/q+1;/p-1/t27-,36-;/m0./s1. The van der Waals surface area contributed by atoms with Crippen LogP contribution in [-0.2, 0) is 19.5 Å². The van der Waals surface area contributed by atoms with E-state index in [1.807, 2.05) is 30.3 Å². The molecule has 0 spiro atoms. The molecule has 1 aliphatic heterocycles. The maximum atomic E-state index is 13.3. The Balaban J connectivity index is 0.00000357. The number of aromatic nitrogens is 2.